The number of aromatic nitrogens is 2. The van der Waals surface area contributed by atoms with Gasteiger partial charge in [-0.05, 0) is 26.3 Å². The predicted octanol–water partition coefficient (Wildman–Crippen LogP) is 3.16. The maximum absolute atomic E-state index is 5.31. The molecule has 2 heterocycles. The first kappa shape index (κ1) is 16.9. The van der Waals surface area contributed by atoms with Crippen molar-refractivity contribution in [2.45, 2.75) is 26.8 Å². The Morgan fingerprint density at radius 2 is 1.92 bits per heavy atom. The minimum atomic E-state index is 0.189. The van der Waals surface area contributed by atoms with Crippen LogP contribution in [0, 0.1) is 6.92 Å². The fraction of sp³-hybridized carbons (Fsp3) is 0.474. The zero-order valence-electron chi connectivity index (χ0n) is 14.8. The number of aryl methyl sites for hydroxylation is 1. The Morgan fingerprint density at radius 1 is 1.21 bits per heavy atom. The van der Waals surface area contributed by atoms with Crippen LogP contribution < -0.4 is 0 Å². The molecule has 1 atom stereocenters. The summed E-state index contributed by atoms with van der Waals surface area (Å²) < 4.78 is 5.31. The van der Waals surface area contributed by atoms with Crippen molar-refractivity contribution in [1.82, 2.24) is 19.9 Å². The van der Waals surface area contributed by atoms with Crippen LogP contribution in [0.5, 0.6) is 0 Å². The molecular weight excluding hydrogens is 300 g/mol. The van der Waals surface area contributed by atoms with Gasteiger partial charge in [-0.25, -0.2) is 0 Å². The Labute approximate surface area is 144 Å². The lowest BCUT2D eigenvalue weighted by Gasteiger charge is -2.36. The topological polar surface area (TPSA) is 45.4 Å². The third-order valence-electron chi connectivity index (χ3n) is 4.54. The maximum atomic E-state index is 5.31. The van der Waals surface area contributed by atoms with E-state index in [1.165, 1.54) is 11.1 Å². The molecule has 0 radical (unpaired) electrons. The van der Waals surface area contributed by atoms with E-state index < -0.39 is 0 Å². The molecule has 1 fully saturated rings. The zero-order chi connectivity index (χ0) is 16.9. The van der Waals surface area contributed by atoms with Crippen LogP contribution in [0.25, 0.3) is 6.08 Å². The van der Waals surface area contributed by atoms with Crippen LogP contribution in [-0.4, -0.2) is 52.7 Å². The van der Waals surface area contributed by atoms with Crippen molar-refractivity contribution >= 4 is 6.08 Å². The van der Waals surface area contributed by atoms with E-state index in [-0.39, 0.29) is 6.04 Å². The van der Waals surface area contributed by atoms with Gasteiger partial charge in [0.05, 0.1) is 6.04 Å². The number of hydrogen-bond acceptors (Lipinski definition) is 5. The molecular formula is C19H26N4O. The minimum absolute atomic E-state index is 0.189. The van der Waals surface area contributed by atoms with Crippen LogP contribution in [-0.2, 0) is 0 Å². The summed E-state index contributed by atoms with van der Waals surface area (Å²) in [4.78, 5) is 9.29. The molecule has 1 saturated heterocycles. The maximum Gasteiger partial charge on any atom is 0.243 e. The van der Waals surface area contributed by atoms with Gasteiger partial charge in [-0.2, -0.15) is 4.98 Å². The van der Waals surface area contributed by atoms with E-state index in [0.717, 1.165) is 38.6 Å². The first-order chi connectivity index (χ1) is 11.6. The van der Waals surface area contributed by atoms with Crippen LogP contribution in [0.1, 0.15) is 37.2 Å². The average Bonchev–Trinajstić information content (AvgIpc) is 3.02. The number of nitrogens with zero attached hydrogens (tertiary/aromatic N) is 4. The van der Waals surface area contributed by atoms with Gasteiger partial charge in [0, 0.05) is 32.7 Å². The van der Waals surface area contributed by atoms with Gasteiger partial charge >= 0.3 is 0 Å². The van der Waals surface area contributed by atoms with E-state index in [4.69, 9.17) is 4.52 Å². The molecule has 0 saturated carbocycles. The second-order valence-electron chi connectivity index (χ2n) is 6.57. The fourth-order valence-electron chi connectivity index (χ4n) is 3.18. The molecule has 1 aliphatic rings. The van der Waals surface area contributed by atoms with Crippen LogP contribution in [0.15, 0.2) is 40.4 Å². The van der Waals surface area contributed by atoms with Crippen molar-refractivity contribution in [2.75, 3.05) is 32.7 Å². The molecule has 1 unspecified atom stereocenters. The third kappa shape index (κ3) is 4.30. The lowest BCUT2D eigenvalue weighted by Crippen LogP contribution is -2.47. The lowest BCUT2D eigenvalue weighted by atomic mass is 10.1. The lowest BCUT2D eigenvalue weighted by molar-refractivity contribution is 0.0935. The molecule has 1 aliphatic heterocycles. The van der Waals surface area contributed by atoms with E-state index in [9.17, 15) is 0 Å². The van der Waals surface area contributed by atoms with Crippen LogP contribution in [0.3, 0.4) is 0 Å². The number of rotatable bonds is 5. The van der Waals surface area contributed by atoms with Gasteiger partial charge in [0.25, 0.3) is 0 Å². The Balaban J connectivity index is 1.51. The molecule has 0 spiro atoms. The van der Waals surface area contributed by atoms with Gasteiger partial charge in [-0.3, -0.25) is 9.80 Å². The van der Waals surface area contributed by atoms with Crippen molar-refractivity contribution in [3.05, 3.63) is 53.2 Å². The van der Waals surface area contributed by atoms with Crippen molar-refractivity contribution in [2.24, 2.45) is 0 Å². The molecule has 3 rings (SSSR count). The van der Waals surface area contributed by atoms with E-state index in [1.54, 1.807) is 0 Å². The summed E-state index contributed by atoms with van der Waals surface area (Å²) in [6.45, 7) is 11.4. The molecule has 128 valence electrons. The van der Waals surface area contributed by atoms with Gasteiger partial charge in [0.2, 0.25) is 5.89 Å². The monoisotopic (exact) mass is 326 g/mol. The second kappa shape index (κ2) is 7.73. The standard InChI is InChI=1S/C19H26N4O/c1-15(13-18-7-5-4-6-8-18)14-22-9-11-23(12-10-22)16(2)19-20-17(3)21-24-19/h4-8,13,16H,9-12,14H2,1-3H3. The largest absolute Gasteiger partial charge is 0.338 e. The summed E-state index contributed by atoms with van der Waals surface area (Å²) >= 11 is 0. The molecule has 0 aliphatic carbocycles. The highest BCUT2D eigenvalue weighted by molar-refractivity contribution is 5.52. The van der Waals surface area contributed by atoms with Crippen LogP contribution in [0.4, 0.5) is 0 Å². The highest BCUT2D eigenvalue weighted by atomic mass is 16.5. The molecule has 0 bridgehead atoms. The molecule has 1 aromatic heterocycles. The summed E-state index contributed by atoms with van der Waals surface area (Å²) in [7, 11) is 0. The Morgan fingerprint density at radius 3 is 2.54 bits per heavy atom. The molecule has 24 heavy (non-hydrogen) atoms. The number of benzene rings is 1. The Hall–Kier alpha value is -1.98. The summed E-state index contributed by atoms with van der Waals surface area (Å²) in [5.41, 5.74) is 2.67. The van der Waals surface area contributed by atoms with Crippen LogP contribution in [0.2, 0.25) is 0 Å². The summed E-state index contributed by atoms with van der Waals surface area (Å²) in [5.74, 6) is 1.43. The molecule has 2 aromatic rings. The second-order valence-corrected chi connectivity index (χ2v) is 6.57. The molecule has 1 aromatic carbocycles. The average molecular weight is 326 g/mol. The van der Waals surface area contributed by atoms with Gasteiger partial charge < -0.3 is 4.52 Å². The normalized spacial score (nSPS) is 18.7. The van der Waals surface area contributed by atoms with Crippen molar-refractivity contribution in [3.8, 4) is 0 Å². The van der Waals surface area contributed by atoms with Crippen molar-refractivity contribution < 1.29 is 4.52 Å². The van der Waals surface area contributed by atoms with Gasteiger partial charge in [-0.15, -0.1) is 0 Å². The van der Waals surface area contributed by atoms with Gasteiger partial charge in [0.15, 0.2) is 5.82 Å². The van der Waals surface area contributed by atoms with E-state index in [2.05, 4.69) is 70.2 Å². The Kier molecular flexibility index (Phi) is 5.43. The minimum Gasteiger partial charge on any atom is -0.338 e. The first-order valence-corrected chi connectivity index (χ1v) is 8.60. The first-order valence-electron chi connectivity index (χ1n) is 8.60. The molecule has 5 heteroatoms. The number of piperazine rings is 1. The van der Waals surface area contributed by atoms with E-state index in [1.807, 2.05) is 6.92 Å². The van der Waals surface area contributed by atoms with Crippen molar-refractivity contribution in [1.29, 1.82) is 0 Å². The highest BCUT2D eigenvalue weighted by Crippen LogP contribution is 2.20. The summed E-state index contributed by atoms with van der Waals surface area (Å²) in [6, 6.07) is 10.7. The molecule has 0 N–H and O–H groups in total. The summed E-state index contributed by atoms with van der Waals surface area (Å²) in [5, 5.41) is 3.90. The zero-order valence-corrected chi connectivity index (χ0v) is 14.8. The summed E-state index contributed by atoms with van der Waals surface area (Å²) in [6.07, 6.45) is 2.27. The Bertz CT molecular complexity index is 672. The fourth-order valence-corrected chi connectivity index (χ4v) is 3.18. The predicted molar refractivity (Wildman–Crippen MR) is 95.6 cm³/mol. The quantitative estimate of drug-likeness (QED) is 0.844. The third-order valence-corrected chi connectivity index (χ3v) is 4.54. The smallest absolute Gasteiger partial charge is 0.243 e. The SMILES string of the molecule is CC(=Cc1ccccc1)CN1CCN(C(C)c2nc(C)no2)CC1. The highest BCUT2D eigenvalue weighted by Gasteiger charge is 2.25. The van der Waals surface area contributed by atoms with Gasteiger partial charge in [-0.1, -0.05) is 47.1 Å². The van der Waals surface area contributed by atoms with E-state index >= 15 is 0 Å². The van der Waals surface area contributed by atoms with E-state index in [0.29, 0.717) is 5.82 Å². The number of hydrogen-bond donors (Lipinski definition) is 0. The van der Waals surface area contributed by atoms with Gasteiger partial charge in [0.1, 0.15) is 0 Å². The van der Waals surface area contributed by atoms with Crippen LogP contribution >= 0.6 is 0 Å². The van der Waals surface area contributed by atoms with Crippen molar-refractivity contribution in [3.63, 3.8) is 0 Å². The molecule has 0 amide bonds. The molecule has 5 nitrogen and oxygen atoms in total.